The molecule has 0 amide bonds. The molecule has 2 fully saturated rings. The van der Waals surface area contributed by atoms with Crippen LogP contribution in [0.15, 0.2) is 24.3 Å². The van der Waals surface area contributed by atoms with E-state index in [0.29, 0.717) is 39.4 Å². The Labute approximate surface area is 124 Å². The molecular weight excluding hydrogens is 295 g/mol. The number of morpholine rings is 1. The van der Waals surface area contributed by atoms with E-state index in [1.54, 1.807) is 6.07 Å². The molecule has 0 radical (unpaired) electrons. The molecule has 0 bridgehead atoms. The first kappa shape index (κ1) is 14.9. The van der Waals surface area contributed by atoms with Gasteiger partial charge in [0.25, 0.3) is 10.2 Å². The van der Waals surface area contributed by atoms with Gasteiger partial charge in [0.1, 0.15) is 5.82 Å². The number of nitrogens with zero attached hydrogens (tertiary/aromatic N) is 2. The lowest BCUT2D eigenvalue weighted by Crippen LogP contribution is -2.47. The van der Waals surface area contributed by atoms with Gasteiger partial charge in [-0.2, -0.15) is 17.0 Å². The highest BCUT2D eigenvalue weighted by Gasteiger charge is 2.36. The Morgan fingerprint density at radius 2 is 1.90 bits per heavy atom. The topological polar surface area (TPSA) is 49.9 Å². The molecular formula is C14H19FN2O3S. The molecule has 3 rings (SSSR count). The fraction of sp³-hybridized carbons (Fsp3) is 0.571. The number of halogens is 1. The quantitative estimate of drug-likeness (QED) is 0.842. The van der Waals surface area contributed by atoms with E-state index in [4.69, 9.17) is 4.74 Å². The SMILES string of the molecule is O=S(=O)(N1CCOCC1)N1CC[C@H](c2cccc(F)c2)C1. The summed E-state index contributed by atoms with van der Waals surface area (Å²) in [5.41, 5.74) is 0.870. The van der Waals surface area contributed by atoms with Crippen LogP contribution in [0.1, 0.15) is 17.9 Å². The Morgan fingerprint density at radius 3 is 2.62 bits per heavy atom. The van der Waals surface area contributed by atoms with Crippen LogP contribution in [0.4, 0.5) is 4.39 Å². The molecule has 0 saturated carbocycles. The molecule has 7 heteroatoms. The molecule has 1 aromatic rings. The van der Waals surface area contributed by atoms with Crippen molar-refractivity contribution in [2.45, 2.75) is 12.3 Å². The Kier molecular flexibility index (Phi) is 4.26. The predicted molar refractivity (Wildman–Crippen MR) is 76.6 cm³/mol. The fourth-order valence-electron chi connectivity index (χ4n) is 2.91. The van der Waals surface area contributed by atoms with Crippen molar-refractivity contribution in [1.29, 1.82) is 0 Å². The molecule has 21 heavy (non-hydrogen) atoms. The third kappa shape index (κ3) is 3.11. The molecule has 1 aromatic carbocycles. The van der Waals surface area contributed by atoms with E-state index in [9.17, 15) is 12.8 Å². The van der Waals surface area contributed by atoms with Crippen molar-refractivity contribution < 1.29 is 17.5 Å². The van der Waals surface area contributed by atoms with E-state index >= 15 is 0 Å². The second-order valence-corrected chi connectivity index (χ2v) is 7.35. The van der Waals surface area contributed by atoms with E-state index in [-0.39, 0.29) is 11.7 Å². The van der Waals surface area contributed by atoms with Gasteiger partial charge in [0, 0.05) is 26.2 Å². The van der Waals surface area contributed by atoms with Crippen LogP contribution in [0.5, 0.6) is 0 Å². The zero-order chi connectivity index (χ0) is 14.9. The van der Waals surface area contributed by atoms with Crippen molar-refractivity contribution in [2.75, 3.05) is 39.4 Å². The second kappa shape index (κ2) is 6.00. The van der Waals surface area contributed by atoms with E-state index < -0.39 is 10.2 Å². The zero-order valence-corrected chi connectivity index (χ0v) is 12.6. The number of hydrogen-bond donors (Lipinski definition) is 0. The molecule has 0 spiro atoms. The zero-order valence-electron chi connectivity index (χ0n) is 11.7. The smallest absolute Gasteiger partial charge is 0.282 e. The first-order valence-electron chi connectivity index (χ1n) is 7.16. The van der Waals surface area contributed by atoms with Crippen LogP contribution in [0.3, 0.4) is 0 Å². The molecule has 0 unspecified atom stereocenters. The van der Waals surface area contributed by atoms with Gasteiger partial charge < -0.3 is 4.74 Å². The normalized spacial score (nSPS) is 25.3. The van der Waals surface area contributed by atoms with Gasteiger partial charge >= 0.3 is 0 Å². The lowest BCUT2D eigenvalue weighted by molar-refractivity contribution is 0.0706. The standard InChI is InChI=1S/C14H19FN2O3S/c15-14-3-1-2-12(10-14)13-4-5-17(11-13)21(18,19)16-6-8-20-9-7-16/h1-3,10,13H,4-9,11H2/t13-/m0/s1. The van der Waals surface area contributed by atoms with Crippen molar-refractivity contribution >= 4 is 10.2 Å². The summed E-state index contributed by atoms with van der Waals surface area (Å²) in [4.78, 5) is 0. The minimum Gasteiger partial charge on any atom is -0.379 e. The van der Waals surface area contributed by atoms with Crippen LogP contribution in [0.2, 0.25) is 0 Å². The molecule has 5 nitrogen and oxygen atoms in total. The van der Waals surface area contributed by atoms with Crippen LogP contribution in [-0.4, -0.2) is 56.4 Å². The van der Waals surface area contributed by atoms with Crippen molar-refractivity contribution in [3.8, 4) is 0 Å². The van der Waals surface area contributed by atoms with Gasteiger partial charge in [0.15, 0.2) is 0 Å². The predicted octanol–water partition coefficient (Wildman–Crippen LogP) is 1.19. The number of hydrogen-bond acceptors (Lipinski definition) is 3. The van der Waals surface area contributed by atoms with E-state index in [2.05, 4.69) is 0 Å². The van der Waals surface area contributed by atoms with Crippen molar-refractivity contribution in [3.63, 3.8) is 0 Å². The summed E-state index contributed by atoms with van der Waals surface area (Å²) < 4.78 is 46.6. The minimum absolute atomic E-state index is 0.0662. The highest BCUT2D eigenvalue weighted by molar-refractivity contribution is 7.86. The molecule has 116 valence electrons. The first-order valence-corrected chi connectivity index (χ1v) is 8.55. The molecule has 2 aliphatic heterocycles. The summed E-state index contributed by atoms with van der Waals surface area (Å²) >= 11 is 0. The molecule has 1 atom stereocenters. The summed E-state index contributed by atoms with van der Waals surface area (Å²) in [6.07, 6.45) is 0.729. The van der Waals surface area contributed by atoms with Crippen molar-refractivity contribution in [3.05, 3.63) is 35.6 Å². The Hall–Kier alpha value is -1.02. The molecule has 2 aliphatic rings. The number of benzene rings is 1. The van der Waals surface area contributed by atoms with Crippen LogP contribution in [-0.2, 0) is 14.9 Å². The van der Waals surface area contributed by atoms with Crippen LogP contribution in [0, 0.1) is 5.82 Å². The minimum atomic E-state index is -3.42. The highest BCUT2D eigenvalue weighted by Crippen LogP contribution is 2.30. The highest BCUT2D eigenvalue weighted by atomic mass is 32.2. The summed E-state index contributed by atoms with van der Waals surface area (Å²) in [5.74, 6) is -0.210. The van der Waals surface area contributed by atoms with Crippen LogP contribution >= 0.6 is 0 Å². The average molecular weight is 314 g/mol. The van der Waals surface area contributed by atoms with Gasteiger partial charge in [0.2, 0.25) is 0 Å². The number of rotatable bonds is 3. The van der Waals surface area contributed by atoms with Gasteiger partial charge in [-0.05, 0) is 30.0 Å². The molecule has 0 N–H and O–H groups in total. The fourth-order valence-corrected chi connectivity index (χ4v) is 4.55. The largest absolute Gasteiger partial charge is 0.379 e. The summed E-state index contributed by atoms with van der Waals surface area (Å²) in [6, 6.07) is 6.43. The maximum absolute atomic E-state index is 13.3. The molecule has 0 aliphatic carbocycles. The average Bonchev–Trinajstić information content (AvgIpc) is 2.99. The summed E-state index contributed by atoms with van der Waals surface area (Å²) in [5, 5.41) is 0. The van der Waals surface area contributed by atoms with E-state index in [1.165, 1.54) is 20.7 Å². The lowest BCUT2D eigenvalue weighted by atomic mass is 9.99. The van der Waals surface area contributed by atoms with Gasteiger partial charge in [0.05, 0.1) is 13.2 Å². The first-order chi connectivity index (χ1) is 10.1. The summed E-state index contributed by atoms with van der Waals surface area (Å²) in [7, 11) is -3.42. The monoisotopic (exact) mass is 314 g/mol. The van der Waals surface area contributed by atoms with Gasteiger partial charge in [-0.15, -0.1) is 0 Å². The van der Waals surface area contributed by atoms with Crippen molar-refractivity contribution in [1.82, 2.24) is 8.61 Å². The third-order valence-electron chi connectivity index (χ3n) is 4.09. The van der Waals surface area contributed by atoms with Crippen molar-refractivity contribution in [2.24, 2.45) is 0 Å². The number of ether oxygens (including phenoxy) is 1. The van der Waals surface area contributed by atoms with E-state index in [0.717, 1.165) is 12.0 Å². The van der Waals surface area contributed by atoms with Gasteiger partial charge in [-0.25, -0.2) is 4.39 Å². The Bertz CT molecular complexity index is 602. The lowest BCUT2D eigenvalue weighted by Gasteiger charge is -2.30. The molecule has 0 aromatic heterocycles. The maximum Gasteiger partial charge on any atom is 0.282 e. The molecule has 2 saturated heterocycles. The Balaban J connectivity index is 1.71. The van der Waals surface area contributed by atoms with E-state index in [1.807, 2.05) is 6.07 Å². The van der Waals surface area contributed by atoms with Gasteiger partial charge in [-0.3, -0.25) is 0 Å². The van der Waals surface area contributed by atoms with Crippen LogP contribution < -0.4 is 0 Å². The third-order valence-corrected chi connectivity index (χ3v) is 6.10. The van der Waals surface area contributed by atoms with Gasteiger partial charge in [-0.1, -0.05) is 12.1 Å². The van der Waals surface area contributed by atoms with Crippen LogP contribution in [0.25, 0.3) is 0 Å². The second-order valence-electron chi connectivity index (χ2n) is 5.42. The summed E-state index contributed by atoms with van der Waals surface area (Å²) in [6.45, 7) is 2.61. The Morgan fingerprint density at radius 1 is 1.14 bits per heavy atom. The molecule has 2 heterocycles. The maximum atomic E-state index is 13.3.